The molecular formula is C14H22N2O3. The van der Waals surface area contributed by atoms with Crippen LogP contribution in [-0.4, -0.2) is 26.3 Å². The number of nitrogens with two attached hydrogens (primary N) is 1. The summed E-state index contributed by atoms with van der Waals surface area (Å²) >= 11 is 0. The molecule has 0 aromatic heterocycles. The van der Waals surface area contributed by atoms with Gasteiger partial charge < -0.3 is 20.5 Å². The van der Waals surface area contributed by atoms with Crippen molar-refractivity contribution in [2.75, 3.05) is 20.2 Å². The fourth-order valence-electron chi connectivity index (χ4n) is 1.70. The zero-order valence-corrected chi connectivity index (χ0v) is 11.7. The van der Waals surface area contributed by atoms with E-state index in [0.717, 1.165) is 16.9 Å². The molecule has 0 heterocycles. The number of hydrogen-bond donors (Lipinski definition) is 2. The third kappa shape index (κ3) is 4.79. The molecule has 1 aromatic carbocycles. The SMILES string of the molecule is COc1ccc(COC(=O)NCCN)cc1C(C)C. The summed E-state index contributed by atoms with van der Waals surface area (Å²) < 4.78 is 10.4. The topological polar surface area (TPSA) is 73.6 Å². The fourth-order valence-corrected chi connectivity index (χ4v) is 1.70. The van der Waals surface area contributed by atoms with E-state index in [1.54, 1.807) is 7.11 Å². The Kier molecular flexibility index (Phi) is 6.15. The van der Waals surface area contributed by atoms with E-state index in [9.17, 15) is 4.79 Å². The van der Waals surface area contributed by atoms with Gasteiger partial charge in [0.15, 0.2) is 0 Å². The minimum Gasteiger partial charge on any atom is -0.496 e. The van der Waals surface area contributed by atoms with Gasteiger partial charge in [0.05, 0.1) is 7.11 Å². The number of carbonyl (C=O) groups is 1. The van der Waals surface area contributed by atoms with Gasteiger partial charge in [-0.15, -0.1) is 0 Å². The molecular weight excluding hydrogens is 244 g/mol. The highest BCUT2D eigenvalue weighted by Gasteiger charge is 2.09. The lowest BCUT2D eigenvalue weighted by Gasteiger charge is -2.13. The van der Waals surface area contributed by atoms with E-state index >= 15 is 0 Å². The number of hydrogen-bond acceptors (Lipinski definition) is 4. The molecule has 3 N–H and O–H groups in total. The number of benzene rings is 1. The van der Waals surface area contributed by atoms with Crippen molar-refractivity contribution in [2.45, 2.75) is 26.4 Å². The van der Waals surface area contributed by atoms with Gasteiger partial charge in [0.2, 0.25) is 0 Å². The smallest absolute Gasteiger partial charge is 0.407 e. The second kappa shape index (κ2) is 7.63. The van der Waals surface area contributed by atoms with Crippen molar-refractivity contribution < 1.29 is 14.3 Å². The molecule has 5 nitrogen and oxygen atoms in total. The van der Waals surface area contributed by atoms with Gasteiger partial charge in [-0.05, 0) is 29.2 Å². The third-order valence-electron chi connectivity index (χ3n) is 2.70. The summed E-state index contributed by atoms with van der Waals surface area (Å²) in [5.41, 5.74) is 7.33. The Bertz CT molecular complexity index is 419. The van der Waals surface area contributed by atoms with Gasteiger partial charge in [0.1, 0.15) is 12.4 Å². The number of amides is 1. The number of nitrogens with one attached hydrogen (secondary N) is 1. The van der Waals surface area contributed by atoms with Crippen LogP contribution in [0.1, 0.15) is 30.9 Å². The molecule has 19 heavy (non-hydrogen) atoms. The van der Waals surface area contributed by atoms with E-state index in [1.165, 1.54) is 0 Å². The first-order valence-corrected chi connectivity index (χ1v) is 6.36. The molecule has 0 atom stereocenters. The molecule has 0 saturated heterocycles. The van der Waals surface area contributed by atoms with Gasteiger partial charge >= 0.3 is 6.09 Å². The largest absolute Gasteiger partial charge is 0.496 e. The van der Waals surface area contributed by atoms with E-state index in [-0.39, 0.29) is 6.61 Å². The first-order valence-electron chi connectivity index (χ1n) is 6.36. The summed E-state index contributed by atoms with van der Waals surface area (Å²) in [4.78, 5) is 11.3. The van der Waals surface area contributed by atoms with Gasteiger partial charge in [-0.2, -0.15) is 0 Å². The van der Waals surface area contributed by atoms with Crippen LogP contribution < -0.4 is 15.8 Å². The average Bonchev–Trinajstić information content (AvgIpc) is 2.42. The van der Waals surface area contributed by atoms with Crippen molar-refractivity contribution in [1.82, 2.24) is 5.32 Å². The molecule has 0 saturated carbocycles. The maximum Gasteiger partial charge on any atom is 0.407 e. The molecule has 0 bridgehead atoms. The van der Waals surface area contributed by atoms with E-state index in [0.29, 0.717) is 19.0 Å². The van der Waals surface area contributed by atoms with E-state index < -0.39 is 6.09 Å². The summed E-state index contributed by atoms with van der Waals surface area (Å²) in [6, 6.07) is 5.78. The fraction of sp³-hybridized carbons (Fsp3) is 0.500. The van der Waals surface area contributed by atoms with Gasteiger partial charge in [0, 0.05) is 13.1 Å². The Morgan fingerprint density at radius 2 is 2.16 bits per heavy atom. The predicted octanol–water partition coefficient (Wildman–Crippen LogP) is 2.00. The lowest BCUT2D eigenvalue weighted by Crippen LogP contribution is -2.29. The summed E-state index contributed by atoms with van der Waals surface area (Å²) in [5, 5.41) is 2.55. The molecule has 0 aliphatic heterocycles. The van der Waals surface area contributed by atoms with Crippen molar-refractivity contribution in [3.63, 3.8) is 0 Å². The molecule has 1 amide bonds. The van der Waals surface area contributed by atoms with E-state index in [1.807, 2.05) is 18.2 Å². The second-order valence-corrected chi connectivity index (χ2v) is 4.52. The van der Waals surface area contributed by atoms with Crippen LogP contribution in [0.15, 0.2) is 18.2 Å². The summed E-state index contributed by atoms with van der Waals surface area (Å²) in [5.74, 6) is 1.20. The Morgan fingerprint density at radius 1 is 1.42 bits per heavy atom. The van der Waals surface area contributed by atoms with Crippen molar-refractivity contribution in [2.24, 2.45) is 5.73 Å². The van der Waals surface area contributed by atoms with Gasteiger partial charge in [0.25, 0.3) is 0 Å². The predicted molar refractivity (Wildman–Crippen MR) is 74.3 cm³/mol. The minimum atomic E-state index is -0.452. The summed E-state index contributed by atoms with van der Waals surface area (Å²) in [7, 11) is 1.65. The molecule has 0 aliphatic rings. The van der Waals surface area contributed by atoms with Crippen LogP contribution in [0.5, 0.6) is 5.75 Å². The number of methoxy groups -OCH3 is 1. The first-order chi connectivity index (χ1) is 9.08. The van der Waals surface area contributed by atoms with Crippen molar-refractivity contribution in [3.8, 4) is 5.75 Å². The van der Waals surface area contributed by atoms with E-state index in [4.69, 9.17) is 15.2 Å². The zero-order valence-electron chi connectivity index (χ0n) is 11.7. The van der Waals surface area contributed by atoms with Crippen molar-refractivity contribution >= 4 is 6.09 Å². The third-order valence-corrected chi connectivity index (χ3v) is 2.70. The molecule has 0 aliphatic carbocycles. The zero-order chi connectivity index (χ0) is 14.3. The number of ether oxygens (including phenoxy) is 2. The lowest BCUT2D eigenvalue weighted by molar-refractivity contribution is 0.140. The van der Waals surface area contributed by atoms with Crippen LogP contribution in [0.2, 0.25) is 0 Å². The van der Waals surface area contributed by atoms with Crippen LogP contribution in [0, 0.1) is 0 Å². The number of alkyl carbamates (subject to hydrolysis) is 1. The van der Waals surface area contributed by atoms with Crippen LogP contribution in [0.4, 0.5) is 4.79 Å². The molecule has 106 valence electrons. The quantitative estimate of drug-likeness (QED) is 0.826. The molecule has 0 radical (unpaired) electrons. The summed E-state index contributed by atoms with van der Waals surface area (Å²) in [6.45, 7) is 5.24. The second-order valence-electron chi connectivity index (χ2n) is 4.52. The maximum atomic E-state index is 11.3. The number of carbonyl (C=O) groups excluding carboxylic acids is 1. The molecule has 0 spiro atoms. The van der Waals surface area contributed by atoms with Crippen LogP contribution in [-0.2, 0) is 11.3 Å². The molecule has 5 heteroatoms. The Hall–Kier alpha value is -1.75. The monoisotopic (exact) mass is 266 g/mol. The normalized spacial score (nSPS) is 10.4. The average molecular weight is 266 g/mol. The highest BCUT2D eigenvalue weighted by atomic mass is 16.5. The molecule has 1 rings (SSSR count). The Balaban J connectivity index is 2.64. The highest BCUT2D eigenvalue weighted by Crippen LogP contribution is 2.27. The first kappa shape index (κ1) is 15.3. The van der Waals surface area contributed by atoms with Gasteiger partial charge in [-0.3, -0.25) is 0 Å². The van der Waals surface area contributed by atoms with Crippen molar-refractivity contribution in [1.29, 1.82) is 0 Å². The van der Waals surface area contributed by atoms with Crippen LogP contribution >= 0.6 is 0 Å². The maximum absolute atomic E-state index is 11.3. The highest BCUT2D eigenvalue weighted by molar-refractivity contribution is 5.67. The molecule has 0 fully saturated rings. The van der Waals surface area contributed by atoms with Gasteiger partial charge in [-0.1, -0.05) is 19.9 Å². The standard InChI is InChI=1S/C14H22N2O3/c1-10(2)12-8-11(4-5-13(12)18-3)9-19-14(17)16-7-6-15/h4-5,8,10H,6-7,9,15H2,1-3H3,(H,16,17). The lowest BCUT2D eigenvalue weighted by atomic mass is 10.00. The van der Waals surface area contributed by atoms with Gasteiger partial charge in [-0.25, -0.2) is 4.79 Å². The Morgan fingerprint density at radius 3 is 2.74 bits per heavy atom. The van der Waals surface area contributed by atoms with Crippen LogP contribution in [0.3, 0.4) is 0 Å². The Labute approximate surface area is 114 Å². The minimum absolute atomic E-state index is 0.236. The van der Waals surface area contributed by atoms with Crippen molar-refractivity contribution in [3.05, 3.63) is 29.3 Å². The summed E-state index contributed by atoms with van der Waals surface area (Å²) in [6.07, 6.45) is -0.452. The molecule has 1 aromatic rings. The van der Waals surface area contributed by atoms with E-state index in [2.05, 4.69) is 19.2 Å². The molecule has 0 unspecified atom stereocenters. The van der Waals surface area contributed by atoms with Crippen LogP contribution in [0.25, 0.3) is 0 Å². The number of rotatable bonds is 6.